The lowest BCUT2D eigenvalue weighted by Gasteiger charge is -2.37. The lowest BCUT2D eigenvalue weighted by Crippen LogP contribution is -2.41. The molecule has 0 aliphatic carbocycles. The van der Waals surface area contributed by atoms with Gasteiger partial charge >= 0.3 is 0 Å². The molecule has 0 N–H and O–H groups in total. The molecule has 0 radical (unpaired) electrons. The molecule has 0 amide bonds. The van der Waals surface area contributed by atoms with Crippen molar-refractivity contribution < 1.29 is 13.9 Å². The molecule has 0 saturated heterocycles. The molecule has 1 atom stereocenters. The molecule has 0 heterocycles. The minimum absolute atomic E-state index is 0.140. The summed E-state index contributed by atoms with van der Waals surface area (Å²) in [5, 5.41) is 0. The molecule has 0 aliphatic rings. The van der Waals surface area contributed by atoms with Crippen LogP contribution in [0.5, 0.6) is 0 Å². The Balaban J connectivity index is 2.52. The highest BCUT2D eigenvalue weighted by Crippen LogP contribution is 2.33. The van der Waals surface area contributed by atoms with Crippen LogP contribution in [0, 0.1) is 11.7 Å². The molecule has 0 fully saturated rings. The maximum Gasteiger partial charge on any atom is 0.168 e. The summed E-state index contributed by atoms with van der Waals surface area (Å²) in [5.74, 6) is -0.226. The molecule has 1 rings (SSSR count). The normalized spacial score (nSPS) is 13.0. The third-order valence-corrected chi connectivity index (χ3v) is 5.67. The average molecular weight is 395 g/mol. The first-order valence-electron chi connectivity index (χ1n) is 11.6. The molecule has 0 aliphatic heterocycles. The molecule has 1 aromatic rings. The molecule has 0 spiro atoms. The van der Waals surface area contributed by atoms with E-state index in [-0.39, 0.29) is 5.82 Å². The third kappa shape index (κ3) is 10.0. The van der Waals surface area contributed by atoms with E-state index in [0.717, 1.165) is 37.7 Å². The van der Waals surface area contributed by atoms with E-state index in [1.165, 1.54) is 44.6 Å². The van der Waals surface area contributed by atoms with Crippen LogP contribution in [0.15, 0.2) is 24.3 Å². The van der Waals surface area contributed by atoms with Crippen molar-refractivity contribution in [2.24, 2.45) is 5.92 Å². The number of hydrogen-bond donors (Lipinski definition) is 0. The Kier molecular flexibility index (Phi) is 13.4. The van der Waals surface area contributed by atoms with Crippen LogP contribution < -0.4 is 0 Å². The predicted octanol–water partition coefficient (Wildman–Crippen LogP) is 7.69. The number of rotatable bonds is 17. The van der Waals surface area contributed by atoms with Gasteiger partial charge in [-0.15, -0.1) is 0 Å². The van der Waals surface area contributed by atoms with E-state index in [1.807, 2.05) is 19.9 Å². The number of hydrogen-bond acceptors (Lipinski definition) is 2. The van der Waals surface area contributed by atoms with Gasteiger partial charge in [0.15, 0.2) is 5.79 Å². The van der Waals surface area contributed by atoms with Gasteiger partial charge in [0.05, 0.1) is 0 Å². The maximum atomic E-state index is 13.3. The number of ether oxygens (including phenoxy) is 2. The summed E-state index contributed by atoms with van der Waals surface area (Å²) >= 11 is 0. The van der Waals surface area contributed by atoms with E-state index in [9.17, 15) is 4.39 Å². The van der Waals surface area contributed by atoms with Gasteiger partial charge < -0.3 is 9.47 Å². The molecule has 0 aromatic heterocycles. The van der Waals surface area contributed by atoms with Crippen molar-refractivity contribution in [3.8, 4) is 0 Å². The lowest BCUT2D eigenvalue weighted by atomic mass is 9.87. The van der Waals surface area contributed by atoms with E-state index < -0.39 is 5.79 Å². The predicted molar refractivity (Wildman–Crippen MR) is 117 cm³/mol. The number of aryl methyl sites for hydroxylation is 1. The van der Waals surface area contributed by atoms with Crippen molar-refractivity contribution >= 4 is 0 Å². The standard InChI is InChI=1S/C25H43FO2/c1-5-8-9-10-11-12-18-23(25(4,27-6-2)28-7-3)19-14-13-16-22-17-15-20-24(26)21-22/h15,17,20-21,23H,5-14,16,18-19H2,1-4H3. The summed E-state index contributed by atoms with van der Waals surface area (Å²) in [6.07, 6.45) is 13.2. The quantitative estimate of drug-likeness (QED) is 0.199. The molecule has 1 aromatic carbocycles. The molecular weight excluding hydrogens is 351 g/mol. The topological polar surface area (TPSA) is 18.5 Å². The minimum Gasteiger partial charge on any atom is -0.350 e. The van der Waals surface area contributed by atoms with Gasteiger partial charge in [-0.3, -0.25) is 0 Å². The fraction of sp³-hybridized carbons (Fsp3) is 0.760. The van der Waals surface area contributed by atoms with Crippen LogP contribution in [-0.4, -0.2) is 19.0 Å². The van der Waals surface area contributed by atoms with Crippen LogP contribution in [0.3, 0.4) is 0 Å². The van der Waals surface area contributed by atoms with Crippen molar-refractivity contribution in [2.45, 2.75) is 104 Å². The highest BCUT2D eigenvalue weighted by molar-refractivity contribution is 5.16. The van der Waals surface area contributed by atoms with Crippen molar-refractivity contribution in [1.82, 2.24) is 0 Å². The molecule has 0 saturated carbocycles. The Bertz CT molecular complexity index is 497. The van der Waals surface area contributed by atoms with Crippen molar-refractivity contribution in [3.63, 3.8) is 0 Å². The first kappa shape index (κ1) is 25.1. The first-order chi connectivity index (χ1) is 13.6. The second-order valence-electron chi connectivity index (χ2n) is 8.01. The highest BCUT2D eigenvalue weighted by Gasteiger charge is 2.34. The Hall–Kier alpha value is -0.930. The summed E-state index contributed by atoms with van der Waals surface area (Å²) in [6.45, 7) is 9.81. The zero-order valence-corrected chi connectivity index (χ0v) is 18.8. The lowest BCUT2D eigenvalue weighted by molar-refractivity contribution is -0.254. The molecule has 0 bridgehead atoms. The number of unbranched alkanes of at least 4 members (excludes halogenated alkanes) is 6. The molecular formula is C25H43FO2. The van der Waals surface area contributed by atoms with Crippen molar-refractivity contribution in [1.29, 1.82) is 0 Å². The van der Waals surface area contributed by atoms with Gasteiger partial charge in [0.25, 0.3) is 0 Å². The molecule has 28 heavy (non-hydrogen) atoms. The van der Waals surface area contributed by atoms with E-state index >= 15 is 0 Å². The van der Waals surface area contributed by atoms with Gasteiger partial charge in [0, 0.05) is 19.1 Å². The Morgan fingerprint density at radius 2 is 1.46 bits per heavy atom. The van der Waals surface area contributed by atoms with Gasteiger partial charge in [-0.1, -0.05) is 64.0 Å². The summed E-state index contributed by atoms with van der Waals surface area (Å²) in [7, 11) is 0. The van der Waals surface area contributed by atoms with E-state index in [1.54, 1.807) is 12.1 Å². The number of halogens is 1. The monoisotopic (exact) mass is 394 g/mol. The summed E-state index contributed by atoms with van der Waals surface area (Å²) in [4.78, 5) is 0. The Labute approximate surface area is 173 Å². The van der Waals surface area contributed by atoms with Crippen molar-refractivity contribution in [3.05, 3.63) is 35.6 Å². The fourth-order valence-electron chi connectivity index (χ4n) is 4.10. The molecule has 2 nitrogen and oxygen atoms in total. The Morgan fingerprint density at radius 1 is 0.857 bits per heavy atom. The zero-order chi connectivity index (χ0) is 20.7. The first-order valence-corrected chi connectivity index (χ1v) is 11.6. The van der Waals surface area contributed by atoms with Crippen LogP contribution in [0.25, 0.3) is 0 Å². The molecule has 3 heteroatoms. The van der Waals surface area contributed by atoms with Gasteiger partial charge in [-0.25, -0.2) is 4.39 Å². The fourth-order valence-corrected chi connectivity index (χ4v) is 4.10. The van der Waals surface area contributed by atoms with Crippen LogP contribution in [-0.2, 0) is 15.9 Å². The molecule has 1 unspecified atom stereocenters. The van der Waals surface area contributed by atoms with Gasteiger partial charge in [0.1, 0.15) is 5.82 Å². The van der Waals surface area contributed by atoms with Crippen molar-refractivity contribution in [2.75, 3.05) is 13.2 Å². The van der Waals surface area contributed by atoms with E-state index in [2.05, 4.69) is 13.8 Å². The van der Waals surface area contributed by atoms with E-state index in [4.69, 9.17) is 9.47 Å². The SMILES string of the molecule is CCCCCCCCC(CCCCc1cccc(F)c1)C(C)(OCC)OCC. The van der Waals surface area contributed by atoms with Gasteiger partial charge in [-0.2, -0.15) is 0 Å². The van der Waals surface area contributed by atoms with Crippen LogP contribution in [0.2, 0.25) is 0 Å². The summed E-state index contributed by atoms with van der Waals surface area (Å²) in [5.41, 5.74) is 1.09. The second kappa shape index (κ2) is 15.0. The average Bonchev–Trinajstić information content (AvgIpc) is 2.66. The number of benzene rings is 1. The third-order valence-electron chi connectivity index (χ3n) is 5.67. The highest BCUT2D eigenvalue weighted by atomic mass is 19.1. The maximum absolute atomic E-state index is 13.3. The summed E-state index contributed by atoms with van der Waals surface area (Å²) in [6, 6.07) is 6.97. The van der Waals surface area contributed by atoms with E-state index in [0.29, 0.717) is 19.1 Å². The Morgan fingerprint density at radius 3 is 2.07 bits per heavy atom. The van der Waals surface area contributed by atoms with Gasteiger partial charge in [-0.05, 0) is 64.2 Å². The van der Waals surface area contributed by atoms with Crippen LogP contribution in [0.1, 0.15) is 97.5 Å². The second-order valence-corrected chi connectivity index (χ2v) is 8.01. The minimum atomic E-state index is -0.494. The zero-order valence-electron chi connectivity index (χ0n) is 18.8. The summed E-state index contributed by atoms with van der Waals surface area (Å²) < 4.78 is 25.5. The van der Waals surface area contributed by atoms with Crippen LogP contribution in [0.4, 0.5) is 4.39 Å². The largest absolute Gasteiger partial charge is 0.350 e. The molecule has 162 valence electrons. The van der Waals surface area contributed by atoms with Gasteiger partial charge in [0.2, 0.25) is 0 Å². The van der Waals surface area contributed by atoms with Crippen LogP contribution >= 0.6 is 0 Å². The smallest absolute Gasteiger partial charge is 0.168 e.